The Morgan fingerprint density at radius 2 is 0.971 bits per heavy atom. The van der Waals surface area contributed by atoms with Gasteiger partial charge in [0.1, 0.15) is 23.8 Å². The predicted octanol–water partition coefficient (Wildman–Crippen LogP) is -3.81. The lowest BCUT2D eigenvalue weighted by Crippen LogP contribution is -3.00. The second kappa shape index (κ2) is 12.4. The molecule has 0 unspecified atom stereocenters. The predicted molar refractivity (Wildman–Crippen MR) is 123 cm³/mol. The number of benzene rings is 2. The Balaban J connectivity index is 0.00000144. The van der Waals surface area contributed by atoms with E-state index in [1.54, 1.807) is 0 Å². The van der Waals surface area contributed by atoms with Gasteiger partial charge in [-0.05, 0) is 44.2 Å². The van der Waals surface area contributed by atoms with Crippen molar-refractivity contribution < 1.29 is 54.0 Å². The van der Waals surface area contributed by atoms with Gasteiger partial charge in [-0.3, -0.25) is 0 Å². The summed E-state index contributed by atoms with van der Waals surface area (Å²) in [5.41, 5.74) is 4.76. The minimum absolute atomic E-state index is 0. The van der Waals surface area contributed by atoms with Crippen LogP contribution in [0.1, 0.15) is 11.1 Å². The molecule has 2 aromatic carbocycles. The summed E-state index contributed by atoms with van der Waals surface area (Å²) in [6.07, 6.45) is 12.2. The zero-order valence-corrected chi connectivity index (χ0v) is 22.0. The first-order valence-corrected chi connectivity index (χ1v) is 9.96. The van der Waals surface area contributed by atoms with E-state index in [1.807, 2.05) is 64.8 Å². The van der Waals surface area contributed by atoms with Gasteiger partial charge in [-0.15, -0.1) is 0 Å². The molecule has 0 atom stereocenters. The van der Waals surface area contributed by atoms with Gasteiger partial charge in [-0.2, -0.15) is 0 Å². The molecule has 3 aromatic heterocycles. The second-order valence-corrected chi connectivity index (χ2v) is 7.48. The van der Waals surface area contributed by atoms with E-state index in [4.69, 9.17) is 4.98 Å². The van der Waals surface area contributed by atoms with Crippen molar-refractivity contribution in [3.05, 3.63) is 115 Å². The molecule has 0 amide bonds. The Kier molecular flexibility index (Phi) is 10.5. The third kappa shape index (κ3) is 6.06. The van der Waals surface area contributed by atoms with E-state index in [2.05, 4.69) is 71.5 Å². The number of halogens is 2. The minimum atomic E-state index is 0. The summed E-state index contributed by atoms with van der Waals surface area (Å²) in [5.74, 6) is 1.74. The van der Waals surface area contributed by atoms with Crippen molar-refractivity contribution in [1.29, 1.82) is 0 Å². The van der Waals surface area contributed by atoms with Gasteiger partial charge in [0.05, 0.1) is 12.4 Å². The average Bonchev–Trinajstić information content (AvgIpc) is 3.45. The zero-order chi connectivity index (χ0) is 20.5. The van der Waals surface area contributed by atoms with Crippen LogP contribution < -0.4 is 43.1 Å². The smallest absolute Gasteiger partial charge is 0.271 e. The van der Waals surface area contributed by atoms with E-state index < -0.39 is 0 Å². The molecule has 0 aliphatic rings. The van der Waals surface area contributed by atoms with Crippen LogP contribution in [0.3, 0.4) is 0 Å². The Hall–Kier alpha value is -3.11. The SMILES string of the molecule is Cc1ccc(-n2cc[n+](-c3cccc(-[n+]4ccn(-c5ccc(C)cc5)c4)n3)c2)cc1.O.O.[Br-].[Br-]. The molecule has 0 fully saturated rings. The van der Waals surface area contributed by atoms with Crippen molar-refractivity contribution in [1.82, 2.24) is 14.1 Å². The maximum Gasteiger partial charge on any atom is 0.271 e. The van der Waals surface area contributed by atoms with Gasteiger partial charge >= 0.3 is 0 Å². The highest BCUT2D eigenvalue weighted by Crippen LogP contribution is 2.10. The Bertz CT molecular complexity index is 1220. The summed E-state index contributed by atoms with van der Waals surface area (Å²) < 4.78 is 8.24. The van der Waals surface area contributed by atoms with Crippen LogP contribution in [0.2, 0.25) is 0 Å². The molecule has 0 radical (unpaired) electrons. The number of hydrogen-bond acceptors (Lipinski definition) is 1. The highest BCUT2D eigenvalue weighted by molar-refractivity contribution is 5.34. The molecule has 0 saturated carbocycles. The Labute approximate surface area is 219 Å². The lowest BCUT2D eigenvalue weighted by molar-refractivity contribution is -0.610. The third-order valence-corrected chi connectivity index (χ3v) is 5.19. The maximum atomic E-state index is 4.85. The fraction of sp³-hybridized carbons (Fsp3) is 0.0800. The first-order chi connectivity index (χ1) is 14.7. The molecule has 0 bridgehead atoms. The zero-order valence-electron chi connectivity index (χ0n) is 18.8. The molecule has 0 aliphatic carbocycles. The van der Waals surface area contributed by atoms with Crippen LogP contribution in [0.25, 0.3) is 23.0 Å². The molecule has 9 heteroatoms. The number of aromatic nitrogens is 5. The summed E-state index contributed by atoms with van der Waals surface area (Å²) >= 11 is 0. The minimum Gasteiger partial charge on any atom is -1.00 e. The molecule has 34 heavy (non-hydrogen) atoms. The van der Waals surface area contributed by atoms with Crippen molar-refractivity contribution in [2.45, 2.75) is 13.8 Å². The largest absolute Gasteiger partial charge is 1.00 e. The molecule has 3 heterocycles. The van der Waals surface area contributed by atoms with E-state index in [-0.39, 0.29) is 44.9 Å². The third-order valence-electron chi connectivity index (χ3n) is 5.19. The van der Waals surface area contributed by atoms with E-state index in [0.29, 0.717) is 0 Å². The van der Waals surface area contributed by atoms with Gasteiger partial charge in [0.2, 0.25) is 0 Å². The molecule has 4 N–H and O–H groups in total. The van der Waals surface area contributed by atoms with Gasteiger partial charge < -0.3 is 44.9 Å². The van der Waals surface area contributed by atoms with Crippen LogP contribution in [-0.4, -0.2) is 25.1 Å². The molecule has 5 aromatic rings. The highest BCUT2D eigenvalue weighted by Gasteiger charge is 2.14. The van der Waals surface area contributed by atoms with Crippen molar-refractivity contribution >= 4 is 0 Å². The van der Waals surface area contributed by atoms with E-state index in [1.165, 1.54) is 11.1 Å². The summed E-state index contributed by atoms with van der Waals surface area (Å²) in [6.45, 7) is 4.19. The number of imidazole rings is 2. The quantitative estimate of drug-likeness (QED) is 0.198. The fourth-order valence-corrected chi connectivity index (χ4v) is 3.42. The Morgan fingerprint density at radius 3 is 1.35 bits per heavy atom. The van der Waals surface area contributed by atoms with E-state index >= 15 is 0 Å². The lowest BCUT2D eigenvalue weighted by atomic mass is 10.2. The molecular formula is C25H27Br2N5O2. The van der Waals surface area contributed by atoms with Crippen LogP contribution >= 0.6 is 0 Å². The first kappa shape index (κ1) is 28.9. The first-order valence-electron chi connectivity index (χ1n) is 9.96. The number of rotatable bonds is 4. The van der Waals surface area contributed by atoms with Gasteiger partial charge in [0.25, 0.3) is 11.6 Å². The monoisotopic (exact) mass is 587 g/mol. The molecule has 0 aliphatic heterocycles. The van der Waals surface area contributed by atoms with Crippen LogP contribution in [0.4, 0.5) is 0 Å². The normalized spacial score (nSPS) is 9.71. The van der Waals surface area contributed by atoms with Gasteiger partial charge in [-0.25, -0.2) is 18.3 Å². The van der Waals surface area contributed by atoms with Crippen molar-refractivity contribution in [2.24, 2.45) is 0 Å². The molecule has 178 valence electrons. The number of nitrogens with zero attached hydrogens (tertiary/aromatic N) is 5. The Morgan fingerprint density at radius 1 is 0.588 bits per heavy atom. The lowest BCUT2D eigenvalue weighted by Gasteiger charge is -1.99. The van der Waals surface area contributed by atoms with E-state index in [0.717, 1.165) is 23.0 Å². The van der Waals surface area contributed by atoms with Crippen molar-refractivity contribution in [2.75, 3.05) is 0 Å². The highest BCUT2D eigenvalue weighted by atomic mass is 79.9. The van der Waals surface area contributed by atoms with Crippen LogP contribution in [0, 0.1) is 13.8 Å². The van der Waals surface area contributed by atoms with Crippen LogP contribution in [0.15, 0.2) is 104 Å². The molecule has 7 nitrogen and oxygen atoms in total. The molecular weight excluding hydrogens is 562 g/mol. The number of pyridine rings is 1. The molecule has 0 saturated heterocycles. The van der Waals surface area contributed by atoms with E-state index in [9.17, 15) is 0 Å². The van der Waals surface area contributed by atoms with Gasteiger partial charge in [-0.1, -0.05) is 40.4 Å². The number of aryl methyl sites for hydroxylation is 2. The van der Waals surface area contributed by atoms with Gasteiger partial charge in [0, 0.05) is 12.1 Å². The number of hydrogen-bond donors (Lipinski definition) is 0. The molecule has 5 rings (SSSR count). The second-order valence-electron chi connectivity index (χ2n) is 7.48. The summed E-state index contributed by atoms with van der Waals surface area (Å²) in [5, 5.41) is 0. The van der Waals surface area contributed by atoms with Gasteiger partial charge in [0.15, 0.2) is 12.7 Å². The summed E-state index contributed by atoms with van der Waals surface area (Å²) in [4.78, 5) is 4.85. The van der Waals surface area contributed by atoms with Crippen molar-refractivity contribution in [3.63, 3.8) is 0 Å². The standard InChI is InChI=1S/C25H23N5.2BrH.2H2O/c1-20-6-10-22(11-7-20)27-14-16-29(18-27)24-4-3-5-25(26-24)30-17-15-28(19-30)23-12-8-21(2)9-13-23;;;;/h3-19H,1-2H3;2*1H;2*1H2/q+2;;;;/p-2. The van der Waals surface area contributed by atoms with Crippen LogP contribution in [-0.2, 0) is 0 Å². The molecule has 0 spiro atoms. The summed E-state index contributed by atoms with van der Waals surface area (Å²) in [6, 6.07) is 23.0. The topological polar surface area (TPSA) is 93.5 Å². The maximum absolute atomic E-state index is 4.85. The summed E-state index contributed by atoms with van der Waals surface area (Å²) in [7, 11) is 0. The van der Waals surface area contributed by atoms with Crippen LogP contribution in [0.5, 0.6) is 0 Å². The average molecular weight is 589 g/mol. The fourth-order valence-electron chi connectivity index (χ4n) is 3.42. The van der Waals surface area contributed by atoms with Crippen molar-refractivity contribution in [3.8, 4) is 23.0 Å².